The van der Waals surface area contributed by atoms with Crippen LogP contribution in [-0.2, 0) is 17.8 Å². The van der Waals surface area contributed by atoms with Gasteiger partial charge in [0.05, 0.1) is 36.4 Å². The summed E-state index contributed by atoms with van der Waals surface area (Å²) < 4.78 is 12.0. The topological polar surface area (TPSA) is 212 Å². The van der Waals surface area contributed by atoms with E-state index in [-0.39, 0.29) is 35.7 Å². The highest BCUT2D eigenvalue weighted by Crippen LogP contribution is 2.53. The zero-order chi connectivity index (χ0) is 36.1. The SMILES string of the molecule is NC1=CC(C2(CC3(O)C(O)C(CO)OC(Oc4cccc5c4C(=O)C4C(O)=CC(Cc6cccc(CO)c6)=CC4C5=O)C3O)CCCC2)=CCN1. The van der Waals surface area contributed by atoms with Gasteiger partial charge in [0.1, 0.15) is 35.4 Å². The maximum absolute atomic E-state index is 14.1. The largest absolute Gasteiger partial charge is 0.511 e. The summed E-state index contributed by atoms with van der Waals surface area (Å²) in [5.74, 6) is -3.05. The van der Waals surface area contributed by atoms with Crippen molar-refractivity contribution >= 4 is 11.6 Å². The van der Waals surface area contributed by atoms with E-state index in [1.54, 1.807) is 12.1 Å². The predicted octanol–water partition coefficient (Wildman–Crippen LogP) is 2.24. The molecule has 2 aromatic carbocycles. The Bertz CT molecular complexity index is 1840. The van der Waals surface area contributed by atoms with Gasteiger partial charge in [0.25, 0.3) is 0 Å². The van der Waals surface area contributed by atoms with Crippen molar-refractivity contribution in [2.24, 2.45) is 23.0 Å². The van der Waals surface area contributed by atoms with E-state index in [9.17, 15) is 40.2 Å². The molecule has 3 aliphatic carbocycles. The van der Waals surface area contributed by atoms with E-state index >= 15 is 0 Å². The number of hydrogen-bond donors (Lipinski definition) is 8. The lowest BCUT2D eigenvalue weighted by molar-refractivity contribution is -0.319. The molecule has 12 nitrogen and oxygen atoms in total. The average Bonchev–Trinajstić information content (AvgIpc) is 3.60. The lowest BCUT2D eigenvalue weighted by Gasteiger charge is -2.51. The van der Waals surface area contributed by atoms with Gasteiger partial charge in [-0.1, -0.05) is 61.4 Å². The predicted molar refractivity (Wildman–Crippen MR) is 184 cm³/mol. The molecule has 270 valence electrons. The molecule has 7 rings (SSSR count). The zero-order valence-electron chi connectivity index (χ0n) is 28.1. The van der Waals surface area contributed by atoms with Crippen molar-refractivity contribution in [1.29, 1.82) is 0 Å². The summed E-state index contributed by atoms with van der Waals surface area (Å²) in [4.78, 5) is 28.1. The molecule has 0 amide bonds. The summed E-state index contributed by atoms with van der Waals surface area (Å²) in [5, 5.41) is 69.3. The fraction of sp³-hybridized carbons (Fsp3) is 0.436. The Morgan fingerprint density at radius 2 is 1.73 bits per heavy atom. The summed E-state index contributed by atoms with van der Waals surface area (Å²) in [5.41, 5.74) is 6.34. The van der Waals surface area contributed by atoms with Crippen molar-refractivity contribution in [2.45, 2.75) is 75.3 Å². The zero-order valence-corrected chi connectivity index (χ0v) is 28.1. The fourth-order valence-electron chi connectivity index (χ4n) is 8.68. The number of hydrogen-bond acceptors (Lipinski definition) is 12. The molecule has 51 heavy (non-hydrogen) atoms. The van der Waals surface area contributed by atoms with Crippen LogP contribution in [0.25, 0.3) is 0 Å². The first kappa shape index (κ1) is 35.1. The Morgan fingerprint density at radius 3 is 2.45 bits per heavy atom. The minimum absolute atomic E-state index is 0.0674. The van der Waals surface area contributed by atoms with Gasteiger partial charge < -0.3 is 51.2 Å². The first-order chi connectivity index (χ1) is 24.5. The number of carbonyl (C=O) groups excluding carboxylic acids is 2. The molecule has 2 fully saturated rings. The van der Waals surface area contributed by atoms with E-state index in [0.717, 1.165) is 29.5 Å². The second kappa shape index (κ2) is 13.7. The Morgan fingerprint density at radius 1 is 0.980 bits per heavy atom. The molecule has 5 aliphatic rings. The second-order valence-corrected chi connectivity index (χ2v) is 14.4. The van der Waals surface area contributed by atoms with Gasteiger partial charge in [-0.2, -0.15) is 0 Å². The highest BCUT2D eigenvalue weighted by Gasteiger charge is 2.59. The van der Waals surface area contributed by atoms with Crippen LogP contribution < -0.4 is 15.8 Å². The molecule has 2 aliphatic heterocycles. The van der Waals surface area contributed by atoms with Gasteiger partial charge >= 0.3 is 0 Å². The standard InChI is InChI=1S/C39H44N2O10/c40-30-17-24(9-12-41-30)38(10-1-2-11-38)20-39(49)35(47)29(19-43)51-37(36(39)48)50-28-8-4-7-25-32(28)34(46)31-26(33(25)45)15-23(16-27(31)44)14-21-5-3-6-22(13-21)18-42/h3-9,13,15-17,26,29,31,35-37,41-44,47-49H,1-2,10-12,14,18-20,40H2. The highest BCUT2D eigenvalue weighted by atomic mass is 16.7. The van der Waals surface area contributed by atoms with Gasteiger partial charge in [-0.05, 0) is 71.6 Å². The molecule has 1 saturated carbocycles. The number of carbonyl (C=O) groups is 2. The third kappa shape index (κ3) is 6.19. The third-order valence-electron chi connectivity index (χ3n) is 11.2. The number of nitrogens with two attached hydrogens (primary N) is 1. The molecule has 2 aromatic rings. The van der Waals surface area contributed by atoms with Gasteiger partial charge in [-0.3, -0.25) is 9.59 Å². The number of benzene rings is 2. The van der Waals surface area contributed by atoms with Gasteiger partial charge in [0.15, 0.2) is 11.6 Å². The van der Waals surface area contributed by atoms with Gasteiger partial charge in [-0.15, -0.1) is 0 Å². The molecule has 1 saturated heterocycles. The number of aliphatic hydroxyl groups is 6. The first-order valence-electron chi connectivity index (χ1n) is 17.4. The van der Waals surface area contributed by atoms with Crippen LogP contribution in [0.15, 0.2) is 89.5 Å². The Hall–Kier alpha value is -4.30. The molecule has 7 unspecified atom stereocenters. The molecular weight excluding hydrogens is 656 g/mol. The van der Waals surface area contributed by atoms with Crippen molar-refractivity contribution < 1.29 is 49.7 Å². The quantitative estimate of drug-likeness (QED) is 0.189. The number of ketones is 2. The molecular formula is C39H44N2O10. The number of nitrogens with one attached hydrogen (secondary N) is 1. The van der Waals surface area contributed by atoms with E-state index in [1.165, 1.54) is 24.3 Å². The van der Waals surface area contributed by atoms with Crippen LogP contribution in [0.1, 0.15) is 63.9 Å². The summed E-state index contributed by atoms with van der Waals surface area (Å²) in [6.45, 7) is -0.334. The molecule has 12 heteroatoms. The molecule has 0 bridgehead atoms. The van der Waals surface area contributed by atoms with E-state index in [1.807, 2.05) is 30.4 Å². The van der Waals surface area contributed by atoms with Crippen LogP contribution in [0.5, 0.6) is 5.75 Å². The number of ether oxygens (including phenoxy) is 2. The van der Waals surface area contributed by atoms with Crippen LogP contribution in [0.2, 0.25) is 0 Å². The highest BCUT2D eigenvalue weighted by molar-refractivity contribution is 6.19. The van der Waals surface area contributed by atoms with Crippen LogP contribution in [0.3, 0.4) is 0 Å². The first-order valence-corrected chi connectivity index (χ1v) is 17.4. The monoisotopic (exact) mass is 700 g/mol. The average molecular weight is 701 g/mol. The van der Waals surface area contributed by atoms with E-state index in [0.29, 0.717) is 37.2 Å². The number of Topliss-reactive ketones (excluding diaryl/α,β-unsaturated/α-hetero) is 2. The maximum atomic E-state index is 14.1. The van der Waals surface area contributed by atoms with Crippen molar-refractivity contribution in [3.05, 3.63) is 112 Å². The maximum Gasteiger partial charge on any atom is 0.229 e. The second-order valence-electron chi connectivity index (χ2n) is 14.4. The van der Waals surface area contributed by atoms with Crippen molar-refractivity contribution in [3.63, 3.8) is 0 Å². The minimum Gasteiger partial charge on any atom is -0.511 e. The third-order valence-corrected chi connectivity index (χ3v) is 11.2. The van der Waals surface area contributed by atoms with Crippen molar-refractivity contribution in [1.82, 2.24) is 5.32 Å². The summed E-state index contributed by atoms with van der Waals surface area (Å²) >= 11 is 0. The van der Waals surface area contributed by atoms with E-state index < -0.39 is 65.6 Å². The van der Waals surface area contributed by atoms with Crippen molar-refractivity contribution in [2.75, 3.05) is 13.2 Å². The lowest BCUT2D eigenvalue weighted by Crippen LogP contribution is -2.69. The number of allylic oxidation sites excluding steroid dienone is 6. The molecule has 7 atom stereocenters. The molecule has 0 aromatic heterocycles. The molecule has 9 N–H and O–H groups in total. The molecule has 2 heterocycles. The smallest absolute Gasteiger partial charge is 0.229 e. The number of fused-ring (bicyclic) bond motifs is 2. The summed E-state index contributed by atoms with van der Waals surface area (Å²) in [6.07, 6.45) is 3.79. The van der Waals surface area contributed by atoms with Crippen LogP contribution in [0.4, 0.5) is 0 Å². The molecule has 0 radical (unpaired) electrons. The number of dihydropyridines is 1. The summed E-state index contributed by atoms with van der Waals surface area (Å²) in [6, 6.07) is 11.8. The normalized spacial score (nSPS) is 31.4. The van der Waals surface area contributed by atoms with Gasteiger partial charge in [0.2, 0.25) is 6.29 Å². The number of aliphatic hydroxyl groups excluding tert-OH is 5. The van der Waals surface area contributed by atoms with Crippen LogP contribution >= 0.6 is 0 Å². The number of rotatable bonds is 9. The van der Waals surface area contributed by atoms with Crippen LogP contribution in [-0.4, -0.2) is 85.6 Å². The molecule has 0 spiro atoms. The lowest BCUT2D eigenvalue weighted by atomic mass is 9.66. The van der Waals surface area contributed by atoms with E-state index in [4.69, 9.17) is 15.2 Å². The summed E-state index contributed by atoms with van der Waals surface area (Å²) in [7, 11) is 0. The Labute approximate surface area is 295 Å². The van der Waals surface area contributed by atoms with Gasteiger partial charge in [-0.25, -0.2) is 0 Å². The Kier molecular flexibility index (Phi) is 9.42. The van der Waals surface area contributed by atoms with Gasteiger partial charge in [0, 0.05) is 12.1 Å². The fourth-order valence-corrected chi connectivity index (χ4v) is 8.68. The Balaban J connectivity index is 1.18. The van der Waals surface area contributed by atoms with Crippen molar-refractivity contribution in [3.8, 4) is 5.75 Å². The van der Waals surface area contributed by atoms with Crippen LogP contribution in [0, 0.1) is 17.3 Å². The van der Waals surface area contributed by atoms with E-state index in [2.05, 4.69) is 5.32 Å². The minimum atomic E-state index is -2.21.